The van der Waals surface area contributed by atoms with Gasteiger partial charge in [-0.05, 0) is 109 Å². The molecule has 1 fully saturated rings. The van der Waals surface area contributed by atoms with E-state index >= 15 is 0 Å². The molecule has 0 aromatic carbocycles. The molecule has 1 N–H and O–H groups in total. The summed E-state index contributed by atoms with van der Waals surface area (Å²) in [6.45, 7) is 15.6. The first-order chi connectivity index (χ1) is 26.2. The number of carbonyl (C=O) groups is 2. The summed E-state index contributed by atoms with van der Waals surface area (Å²) in [6.07, 6.45) is 38.0. The van der Waals surface area contributed by atoms with Crippen molar-refractivity contribution >= 4 is 11.9 Å². The van der Waals surface area contributed by atoms with E-state index in [0.29, 0.717) is 25.6 Å². The Hall–Kier alpha value is -1.14. The topological polar surface area (TPSA) is 76.1 Å². The van der Waals surface area contributed by atoms with E-state index < -0.39 is 5.41 Å². The van der Waals surface area contributed by atoms with Gasteiger partial charge < -0.3 is 19.5 Å². The fourth-order valence-corrected chi connectivity index (χ4v) is 8.11. The summed E-state index contributed by atoms with van der Waals surface area (Å²) >= 11 is 0. The van der Waals surface area contributed by atoms with Gasteiger partial charge in [0.25, 0.3) is 0 Å². The number of unbranched alkanes of at least 4 members (excludes halogenated alkanes) is 18. The maximum absolute atomic E-state index is 12.8. The number of carbonyl (C=O) groups excluding carboxylic acids is 2. The Bertz CT molecular complexity index is 859. The van der Waals surface area contributed by atoms with Gasteiger partial charge in [0.05, 0.1) is 25.0 Å². The highest BCUT2D eigenvalue weighted by molar-refractivity contribution is 5.75. The lowest BCUT2D eigenvalue weighted by Crippen LogP contribution is -2.28. The molecule has 6 heteroatoms. The van der Waals surface area contributed by atoms with Crippen LogP contribution in [0.15, 0.2) is 0 Å². The highest BCUT2D eigenvalue weighted by Gasteiger charge is 2.43. The summed E-state index contributed by atoms with van der Waals surface area (Å²) in [4.78, 5) is 28.2. The predicted molar refractivity (Wildman–Crippen MR) is 230 cm³/mol. The number of aliphatic hydroxyl groups excluding tert-OH is 1. The maximum atomic E-state index is 12.8. The number of rotatable bonds is 41. The minimum Gasteiger partial charge on any atom is -0.466 e. The maximum Gasteiger partial charge on any atom is 0.311 e. The molecular formula is C48H93NO5. The van der Waals surface area contributed by atoms with Crippen molar-refractivity contribution in [1.29, 1.82) is 0 Å². The van der Waals surface area contributed by atoms with E-state index in [-0.39, 0.29) is 24.0 Å². The van der Waals surface area contributed by atoms with Crippen LogP contribution in [0.5, 0.6) is 0 Å². The third kappa shape index (κ3) is 28.3. The Morgan fingerprint density at radius 3 is 1.67 bits per heavy atom. The number of esters is 2. The van der Waals surface area contributed by atoms with Crippen molar-refractivity contribution in [2.24, 2.45) is 16.7 Å². The second-order valence-corrected chi connectivity index (χ2v) is 18.1. The fourth-order valence-electron chi connectivity index (χ4n) is 8.11. The van der Waals surface area contributed by atoms with Crippen LogP contribution in [-0.2, 0) is 19.1 Å². The van der Waals surface area contributed by atoms with Gasteiger partial charge in [0, 0.05) is 6.61 Å². The largest absolute Gasteiger partial charge is 0.466 e. The van der Waals surface area contributed by atoms with E-state index in [4.69, 9.17) is 9.47 Å². The highest BCUT2D eigenvalue weighted by Crippen LogP contribution is 2.53. The van der Waals surface area contributed by atoms with Crippen molar-refractivity contribution < 1.29 is 24.2 Å². The first-order valence-electron chi connectivity index (χ1n) is 23.9. The average molecular weight is 764 g/mol. The van der Waals surface area contributed by atoms with E-state index in [1.807, 2.05) is 13.8 Å². The Morgan fingerprint density at radius 2 is 1.09 bits per heavy atom. The molecule has 0 saturated heterocycles. The minimum atomic E-state index is -0.402. The van der Waals surface area contributed by atoms with Gasteiger partial charge in [-0.15, -0.1) is 0 Å². The molecule has 0 amide bonds. The van der Waals surface area contributed by atoms with Gasteiger partial charge in [0.2, 0.25) is 0 Å². The molecule has 0 aliphatic heterocycles. The highest BCUT2D eigenvalue weighted by atomic mass is 16.5. The standard InChI is InChI=1S/C48H93NO5/c1-6-9-12-15-16-19-29-41-54-46(52)47(4,5)33-23-17-18-25-37-49(39-27-28-40-50)38-26-20-24-34-48(35-36-48)43-45(51)53-42-32-44(30-21-13-10-7-2)31-22-14-11-8-3/h44,50H,6-43H2,1-5H3. The second-order valence-electron chi connectivity index (χ2n) is 18.1. The van der Waals surface area contributed by atoms with Crippen LogP contribution in [0.25, 0.3) is 0 Å². The first-order valence-corrected chi connectivity index (χ1v) is 23.9. The van der Waals surface area contributed by atoms with Crippen molar-refractivity contribution in [3.8, 4) is 0 Å². The molecule has 1 aliphatic rings. The average Bonchev–Trinajstić information content (AvgIpc) is 3.92. The van der Waals surface area contributed by atoms with Gasteiger partial charge in [-0.2, -0.15) is 0 Å². The molecule has 0 spiro atoms. The SMILES string of the molecule is CCCCCCCCCOC(=O)C(C)(C)CCCCCCN(CCCCO)CCCCCC1(CC(=O)OCCC(CCCCCC)CCCCCC)CC1. The Morgan fingerprint density at radius 1 is 0.593 bits per heavy atom. The lowest BCUT2D eigenvalue weighted by Gasteiger charge is -2.23. The van der Waals surface area contributed by atoms with E-state index in [9.17, 15) is 14.7 Å². The van der Waals surface area contributed by atoms with E-state index in [1.54, 1.807) is 0 Å². The molecule has 0 aromatic heterocycles. The summed E-state index contributed by atoms with van der Waals surface area (Å²) in [7, 11) is 0. The fraction of sp³-hybridized carbons (Fsp3) is 0.958. The van der Waals surface area contributed by atoms with Crippen LogP contribution in [0.1, 0.15) is 240 Å². The van der Waals surface area contributed by atoms with Crippen LogP contribution >= 0.6 is 0 Å². The van der Waals surface area contributed by atoms with Crippen LogP contribution in [0.3, 0.4) is 0 Å². The summed E-state index contributed by atoms with van der Waals surface area (Å²) in [5, 5.41) is 9.34. The molecule has 0 atom stereocenters. The molecule has 0 radical (unpaired) electrons. The van der Waals surface area contributed by atoms with Gasteiger partial charge in [-0.3, -0.25) is 9.59 Å². The third-order valence-electron chi connectivity index (χ3n) is 12.3. The summed E-state index contributed by atoms with van der Waals surface area (Å²) in [5.41, 5.74) is -0.183. The molecule has 54 heavy (non-hydrogen) atoms. The van der Waals surface area contributed by atoms with Crippen LogP contribution in [0.4, 0.5) is 0 Å². The first kappa shape index (κ1) is 50.9. The number of hydrogen-bond acceptors (Lipinski definition) is 6. The summed E-state index contributed by atoms with van der Waals surface area (Å²) < 4.78 is 11.5. The quantitative estimate of drug-likeness (QED) is 0.0494. The van der Waals surface area contributed by atoms with Crippen LogP contribution in [0, 0.1) is 16.7 Å². The van der Waals surface area contributed by atoms with Crippen molar-refractivity contribution in [3.05, 3.63) is 0 Å². The number of ether oxygens (including phenoxy) is 2. The van der Waals surface area contributed by atoms with Crippen LogP contribution in [-0.4, -0.2) is 61.4 Å². The van der Waals surface area contributed by atoms with Crippen LogP contribution in [0.2, 0.25) is 0 Å². The van der Waals surface area contributed by atoms with Gasteiger partial charge in [0.15, 0.2) is 0 Å². The number of nitrogens with zero attached hydrogens (tertiary/aromatic N) is 1. The Labute approximate surface area is 336 Å². The normalized spacial score (nSPS) is 13.9. The van der Waals surface area contributed by atoms with Crippen molar-refractivity contribution in [1.82, 2.24) is 4.90 Å². The smallest absolute Gasteiger partial charge is 0.311 e. The molecule has 320 valence electrons. The van der Waals surface area contributed by atoms with Crippen LogP contribution < -0.4 is 0 Å². The van der Waals surface area contributed by atoms with Crippen molar-refractivity contribution in [2.45, 2.75) is 240 Å². The molecule has 0 unspecified atom stereocenters. The monoisotopic (exact) mass is 764 g/mol. The van der Waals surface area contributed by atoms with Crippen molar-refractivity contribution in [2.75, 3.05) is 39.5 Å². The summed E-state index contributed by atoms with van der Waals surface area (Å²) in [6, 6.07) is 0. The zero-order valence-corrected chi connectivity index (χ0v) is 37.0. The number of hydrogen-bond donors (Lipinski definition) is 1. The predicted octanol–water partition coefficient (Wildman–Crippen LogP) is 13.6. The van der Waals surface area contributed by atoms with E-state index in [2.05, 4.69) is 25.7 Å². The zero-order valence-electron chi connectivity index (χ0n) is 37.0. The third-order valence-corrected chi connectivity index (χ3v) is 12.3. The number of aliphatic hydroxyl groups is 1. The summed E-state index contributed by atoms with van der Waals surface area (Å²) in [5.74, 6) is 0.723. The second kappa shape index (κ2) is 33.9. The Balaban J connectivity index is 2.26. The van der Waals surface area contributed by atoms with E-state index in [0.717, 1.165) is 77.4 Å². The molecular weight excluding hydrogens is 671 g/mol. The molecule has 0 heterocycles. The molecule has 1 rings (SSSR count). The molecule has 0 bridgehead atoms. The minimum absolute atomic E-state index is 0.0311. The lowest BCUT2D eigenvalue weighted by molar-refractivity contribution is -0.154. The molecule has 1 aliphatic carbocycles. The lowest BCUT2D eigenvalue weighted by atomic mass is 9.87. The molecule has 6 nitrogen and oxygen atoms in total. The molecule has 0 aromatic rings. The van der Waals surface area contributed by atoms with E-state index in [1.165, 1.54) is 141 Å². The zero-order chi connectivity index (χ0) is 39.6. The van der Waals surface area contributed by atoms with Gasteiger partial charge in [-0.1, -0.05) is 156 Å². The van der Waals surface area contributed by atoms with Gasteiger partial charge in [-0.25, -0.2) is 0 Å². The van der Waals surface area contributed by atoms with Gasteiger partial charge in [0.1, 0.15) is 0 Å². The van der Waals surface area contributed by atoms with Gasteiger partial charge >= 0.3 is 11.9 Å². The molecule has 1 saturated carbocycles. The van der Waals surface area contributed by atoms with Crippen molar-refractivity contribution in [3.63, 3.8) is 0 Å². The Kier molecular flexibility index (Phi) is 32.0.